The fraction of sp³-hybridized carbons (Fsp3) is 0.200. The van der Waals surface area contributed by atoms with Crippen molar-refractivity contribution in [1.29, 1.82) is 0 Å². The molecule has 1 aromatic rings. The Bertz CT molecular complexity index is 312. The van der Waals surface area contributed by atoms with Crippen LogP contribution < -0.4 is 5.73 Å². The van der Waals surface area contributed by atoms with Crippen LogP contribution in [0.1, 0.15) is 18.0 Å². The highest BCUT2D eigenvalue weighted by Gasteiger charge is 2.05. The normalized spacial score (nSPS) is 11.6. The summed E-state index contributed by atoms with van der Waals surface area (Å²) in [5.41, 5.74) is 6.83. The molecule has 0 aromatic heterocycles. The molecule has 4 heteroatoms. The van der Waals surface area contributed by atoms with Gasteiger partial charge in [-0.15, -0.1) is 19.0 Å². The first-order chi connectivity index (χ1) is 6.15. The van der Waals surface area contributed by atoms with Crippen molar-refractivity contribution < 1.29 is 0 Å². The first-order valence-corrected chi connectivity index (χ1v) is 4.72. The van der Waals surface area contributed by atoms with Crippen LogP contribution in [-0.4, -0.2) is 0 Å². The molecule has 0 bridgehead atoms. The van der Waals surface area contributed by atoms with Gasteiger partial charge in [0.25, 0.3) is 0 Å². The average molecular weight is 253 g/mol. The van der Waals surface area contributed by atoms with E-state index < -0.39 is 0 Å². The summed E-state index contributed by atoms with van der Waals surface area (Å²) in [7, 11) is 0. The molecular formula is C10H12Cl3N. The fourth-order valence-corrected chi connectivity index (χ4v) is 1.37. The lowest BCUT2D eigenvalue weighted by atomic mass is 10.1. The van der Waals surface area contributed by atoms with E-state index >= 15 is 0 Å². The lowest BCUT2D eigenvalue weighted by Gasteiger charge is -2.09. The largest absolute Gasteiger partial charge is 0.324 e. The van der Waals surface area contributed by atoms with Crippen molar-refractivity contribution in [2.45, 2.75) is 12.5 Å². The zero-order valence-corrected chi connectivity index (χ0v) is 9.87. The highest BCUT2D eigenvalue weighted by Crippen LogP contribution is 2.25. The smallest absolute Gasteiger partial charge is 0.0595 e. The monoisotopic (exact) mass is 251 g/mol. The van der Waals surface area contributed by atoms with Crippen molar-refractivity contribution >= 4 is 35.6 Å². The maximum absolute atomic E-state index is 5.85. The van der Waals surface area contributed by atoms with E-state index in [1.54, 1.807) is 18.2 Å². The topological polar surface area (TPSA) is 26.0 Å². The summed E-state index contributed by atoms with van der Waals surface area (Å²) in [5, 5.41) is 1.09. The van der Waals surface area contributed by atoms with E-state index in [0.717, 1.165) is 12.0 Å². The van der Waals surface area contributed by atoms with Crippen LogP contribution >= 0.6 is 35.6 Å². The molecular weight excluding hydrogens is 240 g/mol. The maximum Gasteiger partial charge on any atom is 0.0595 e. The summed E-state index contributed by atoms with van der Waals surface area (Å²) in [6.07, 6.45) is 2.52. The van der Waals surface area contributed by atoms with Gasteiger partial charge in [0, 0.05) is 6.04 Å². The Morgan fingerprint density at radius 2 is 2.00 bits per heavy atom. The summed E-state index contributed by atoms with van der Waals surface area (Å²) in [4.78, 5) is 0. The third kappa shape index (κ3) is 3.50. The van der Waals surface area contributed by atoms with E-state index in [2.05, 4.69) is 6.58 Å². The summed E-state index contributed by atoms with van der Waals surface area (Å²) < 4.78 is 0. The van der Waals surface area contributed by atoms with E-state index in [1.807, 2.05) is 6.07 Å². The van der Waals surface area contributed by atoms with E-state index in [-0.39, 0.29) is 18.4 Å². The minimum absolute atomic E-state index is 0. The molecule has 0 radical (unpaired) electrons. The molecule has 1 rings (SSSR count). The molecule has 0 aliphatic rings. The summed E-state index contributed by atoms with van der Waals surface area (Å²) in [6, 6.07) is 5.37. The molecule has 78 valence electrons. The van der Waals surface area contributed by atoms with Crippen LogP contribution in [0.2, 0.25) is 10.0 Å². The molecule has 0 unspecified atom stereocenters. The summed E-state index contributed by atoms with van der Waals surface area (Å²) in [5.74, 6) is 0. The molecule has 0 heterocycles. The van der Waals surface area contributed by atoms with Gasteiger partial charge in [-0.05, 0) is 24.1 Å². The predicted molar refractivity (Wildman–Crippen MR) is 65.5 cm³/mol. The highest BCUT2D eigenvalue weighted by molar-refractivity contribution is 6.42. The fourth-order valence-electron chi connectivity index (χ4n) is 1.06. The van der Waals surface area contributed by atoms with Crippen LogP contribution in [-0.2, 0) is 0 Å². The minimum atomic E-state index is -0.0488. The van der Waals surface area contributed by atoms with Crippen molar-refractivity contribution in [3.8, 4) is 0 Å². The molecule has 1 nitrogen and oxygen atoms in total. The zero-order valence-electron chi connectivity index (χ0n) is 7.54. The second kappa shape index (κ2) is 6.31. The number of rotatable bonds is 3. The van der Waals surface area contributed by atoms with Crippen molar-refractivity contribution in [2.75, 3.05) is 0 Å². The van der Waals surface area contributed by atoms with Gasteiger partial charge in [0.15, 0.2) is 0 Å². The van der Waals surface area contributed by atoms with Gasteiger partial charge in [0.1, 0.15) is 0 Å². The lowest BCUT2D eigenvalue weighted by Crippen LogP contribution is -2.08. The molecule has 2 N–H and O–H groups in total. The third-order valence-electron chi connectivity index (χ3n) is 1.79. The number of halogens is 3. The molecule has 0 saturated carbocycles. The van der Waals surface area contributed by atoms with Gasteiger partial charge in [-0.2, -0.15) is 0 Å². The first-order valence-electron chi connectivity index (χ1n) is 3.96. The number of benzene rings is 1. The van der Waals surface area contributed by atoms with Crippen molar-refractivity contribution in [3.63, 3.8) is 0 Å². The van der Waals surface area contributed by atoms with Crippen LogP contribution in [0.25, 0.3) is 0 Å². The van der Waals surface area contributed by atoms with Gasteiger partial charge in [0.05, 0.1) is 10.0 Å². The second-order valence-electron chi connectivity index (χ2n) is 2.80. The molecule has 0 fully saturated rings. The van der Waals surface area contributed by atoms with E-state index in [9.17, 15) is 0 Å². The summed E-state index contributed by atoms with van der Waals surface area (Å²) in [6.45, 7) is 3.63. The third-order valence-corrected chi connectivity index (χ3v) is 2.53. The number of hydrogen-bond acceptors (Lipinski definition) is 1. The lowest BCUT2D eigenvalue weighted by molar-refractivity contribution is 0.742. The standard InChI is InChI=1S/C10H11Cl2N.ClH/c1-2-3-10(13)7-4-5-8(11)9(12)6-7;/h2,4-6,10H,1,3,13H2;1H/t10-;/m1./s1. The number of nitrogens with two attached hydrogens (primary N) is 1. The van der Waals surface area contributed by atoms with Crippen molar-refractivity contribution in [2.24, 2.45) is 5.73 Å². The summed E-state index contributed by atoms with van der Waals surface area (Å²) >= 11 is 11.6. The minimum Gasteiger partial charge on any atom is -0.324 e. The van der Waals surface area contributed by atoms with Gasteiger partial charge in [-0.25, -0.2) is 0 Å². The highest BCUT2D eigenvalue weighted by atomic mass is 35.5. The Morgan fingerprint density at radius 3 is 2.50 bits per heavy atom. The van der Waals surface area contributed by atoms with Gasteiger partial charge in [-0.3, -0.25) is 0 Å². The van der Waals surface area contributed by atoms with Gasteiger partial charge < -0.3 is 5.73 Å². The second-order valence-corrected chi connectivity index (χ2v) is 3.62. The van der Waals surface area contributed by atoms with Crippen LogP contribution in [0, 0.1) is 0 Å². The molecule has 0 spiro atoms. The number of hydrogen-bond donors (Lipinski definition) is 1. The van der Waals surface area contributed by atoms with E-state index in [0.29, 0.717) is 10.0 Å². The molecule has 1 atom stereocenters. The van der Waals surface area contributed by atoms with Crippen LogP contribution in [0.3, 0.4) is 0 Å². The van der Waals surface area contributed by atoms with E-state index in [4.69, 9.17) is 28.9 Å². The Kier molecular flexibility index (Phi) is 6.21. The molecule has 0 saturated heterocycles. The molecule has 1 aromatic carbocycles. The Labute approximate surface area is 100 Å². The zero-order chi connectivity index (χ0) is 9.84. The Morgan fingerprint density at radius 1 is 1.36 bits per heavy atom. The average Bonchev–Trinajstić information content (AvgIpc) is 2.10. The Hall–Kier alpha value is -0.210. The van der Waals surface area contributed by atoms with Gasteiger partial charge in [-0.1, -0.05) is 35.3 Å². The van der Waals surface area contributed by atoms with Crippen molar-refractivity contribution in [1.82, 2.24) is 0 Å². The predicted octanol–water partition coefficient (Wildman–Crippen LogP) is 3.99. The molecule has 14 heavy (non-hydrogen) atoms. The van der Waals surface area contributed by atoms with E-state index in [1.165, 1.54) is 0 Å². The van der Waals surface area contributed by atoms with Crippen LogP contribution in [0.4, 0.5) is 0 Å². The SMILES string of the molecule is C=CC[C@@H](N)c1ccc(Cl)c(Cl)c1.Cl. The van der Waals surface area contributed by atoms with Crippen LogP contribution in [0.15, 0.2) is 30.9 Å². The Balaban J connectivity index is 0.00000169. The van der Waals surface area contributed by atoms with Gasteiger partial charge in [0.2, 0.25) is 0 Å². The molecule has 0 aliphatic heterocycles. The first kappa shape index (κ1) is 13.8. The van der Waals surface area contributed by atoms with Crippen molar-refractivity contribution in [3.05, 3.63) is 46.5 Å². The van der Waals surface area contributed by atoms with Gasteiger partial charge >= 0.3 is 0 Å². The molecule has 0 amide bonds. The van der Waals surface area contributed by atoms with Crippen LogP contribution in [0.5, 0.6) is 0 Å². The maximum atomic E-state index is 5.85. The molecule has 0 aliphatic carbocycles. The quantitative estimate of drug-likeness (QED) is 0.809.